The molecule has 0 spiro atoms. The summed E-state index contributed by atoms with van der Waals surface area (Å²) in [5, 5.41) is 3.45. The van der Waals surface area contributed by atoms with E-state index in [9.17, 15) is 0 Å². The monoisotopic (exact) mass is 233 g/mol. The number of ether oxygens (including phenoxy) is 1. The standard InChI is InChI=1S/C15H23NO/c1-4-10-16-15(6-3)13-8-7-9-14(12-13)17-11-5-2/h6-9,12,15-16H,3-5,10-11H2,1-2H3. The van der Waals surface area contributed by atoms with Crippen molar-refractivity contribution in [1.29, 1.82) is 0 Å². The van der Waals surface area contributed by atoms with Crippen molar-refractivity contribution in [1.82, 2.24) is 5.32 Å². The van der Waals surface area contributed by atoms with Gasteiger partial charge in [-0.1, -0.05) is 32.1 Å². The van der Waals surface area contributed by atoms with Crippen molar-refractivity contribution >= 4 is 0 Å². The van der Waals surface area contributed by atoms with Crippen molar-refractivity contribution in [2.75, 3.05) is 13.2 Å². The van der Waals surface area contributed by atoms with Crippen LogP contribution in [0.3, 0.4) is 0 Å². The van der Waals surface area contributed by atoms with Gasteiger partial charge in [-0.2, -0.15) is 0 Å². The lowest BCUT2D eigenvalue weighted by molar-refractivity contribution is 0.317. The molecule has 1 rings (SSSR count). The van der Waals surface area contributed by atoms with E-state index in [-0.39, 0.29) is 6.04 Å². The predicted molar refractivity (Wildman–Crippen MR) is 73.5 cm³/mol. The molecule has 1 aromatic carbocycles. The smallest absolute Gasteiger partial charge is 0.119 e. The maximum atomic E-state index is 5.63. The molecule has 17 heavy (non-hydrogen) atoms. The van der Waals surface area contributed by atoms with Gasteiger partial charge in [-0.3, -0.25) is 0 Å². The summed E-state index contributed by atoms with van der Waals surface area (Å²) in [6.45, 7) is 9.91. The van der Waals surface area contributed by atoms with Gasteiger partial charge in [-0.25, -0.2) is 0 Å². The Balaban J connectivity index is 2.70. The molecular weight excluding hydrogens is 210 g/mol. The van der Waals surface area contributed by atoms with E-state index in [1.165, 1.54) is 5.56 Å². The van der Waals surface area contributed by atoms with Crippen molar-refractivity contribution < 1.29 is 4.74 Å². The normalized spacial score (nSPS) is 12.1. The van der Waals surface area contributed by atoms with Crippen LogP contribution in [-0.4, -0.2) is 13.2 Å². The zero-order valence-corrected chi connectivity index (χ0v) is 10.9. The van der Waals surface area contributed by atoms with Gasteiger partial charge in [0, 0.05) is 0 Å². The Morgan fingerprint density at radius 1 is 1.35 bits per heavy atom. The van der Waals surface area contributed by atoms with Gasteiger partial charge in [-0.15, -0.1) is 6.58 Å². The van der Waals surface area contributed by atoms with Gasteiger partial charge >= 0.3 is 0 Å². The highest BCUT2D eigenvalue weighted by molar-refractivity contribution is 5.32. The maximum absolute atomic E-state index is 5.63. The minimum absolute atomic E-state index is 0.208. The number of benzene rings is 1. The molecule has 1 atom stereocenters. The number of hydrogen-bond acceptors (Lipinski definition) is 2. The molecule has 0 aliphatic rings. The van der Waals surface area contributed by atoms with Crippen LogP contribution >= 0.6 is 0 Å². The van der Waals surface area contributed by atoms with Gasteiger partial charge in [0.1, 0.15) is 5.75 Å². The summed E-state index contributed by atoms with van der Waals surface area (Å²) in [6, 6.07) is 8.43. The summed E-state index contributed by atoms with van der Waals surface area (Å²) in [5.41, 5.74) is 1.21. The lowest BCUT2D eigenvalue weighted by Gasteiger charge is -2.15. The van der Waals surface area contributed by atoms with Crippen LogP contribution < -0.4 is 10.1 Å². The van der Waals surface area contributed by atoms with Gasteiger partial charge in [0.05, 0.1) is 12.6 Å². The molecular formula is C15H23NO. The van der Waals surface area contributed by atoms with Crippen LogP contribution in [0.15, 0.2) is 36.9 Å². The summed E-state index contributed by atoms with van der Waals surface area (Å²) >= 11 is 0. The lowest BCUT2D eigenvalue weighted by Crippen LogP contribution is -2.20. The molecule has 0 fully saturated rings. The molecule has 0 aliphatic heterocycles. The highest BCUT2D eigenvalue weighted by atomic mass is 16.5. The zero-order chi connectivity index (χ0) is 12.5. The Morgan fingerprint density at radius 3 is 2.82 bits per heavy atom. The van der Waals surface area contributed by atoms with Crippen LogP contribution in [0.5, 0.6) is 5.75 Å². The fraction of sp³-hybridized carbons (Fsp3) is 0.467. The molecule has 0 aromatic heterocycles. The van der Waals surface area contributed by atoms with Crippen molar-refractivity contribution in [2.24, 2.45) is 0 Å². The molecule has 94 valence electrons. The van der Waals surface area contributed by atoms with Crippen LogP contribution in [-0.2, 0) is 0 Å². The Bertz CT molecular complexity index is 335. The first-order valence-electron chi connectivity index (χ1n) is 6.40. The minimum Gasteiger partial charge on any atom is -0.494 e. The average molecular weight is 233 g/mol. The molecule has 2 nitrogen and oxygen atoms in total. The first-order valence-corrected chi connectivity index (χ1v) is 6.40. The summed E-state index contributed by atoms with van der Waals surface area (Å²) < 4.78 is 5.63. The van der Waals surface area contributed by atoms with E-state index < -0.39 is 0 Å². The van der Waals surface area contributed by atoms with Gasteiger partial charge in [0.2, 0.25) is 0 Å². The van der Waals surface area contributed by atoms with Crippen molar-refractivity contribution in [3.8, 4) is 5.75 Å². The van der Waals surface area contributed by atoms with Crippen LogP contribution in [0, 0.1) is 0 Å². The Kier molecular flexibility index (Phi) is 6.41. The minimum atomic E-state index is 0.208. The van der Waals surface area contributed by atoms with Gasteiger partial charge in [0.25, 0.3) is 0 Å². The zero-order valence-electron chi connectivity index (χ0n) is 10.9. The van der Waals surface area contributed by atoms with Crippen molar-refractivity contribution in [2.45, 2.75) is 32.7 Å². The SMILES string of the molecule is C=CC(NCCC)c1cccc(OCCC)c1. The van der Waals surface area contributed by atoms with E-state index in [2.05, 4.69) is 37.9 Å². The number of nitrogens with one attached hydrogen (secondary N) is 1. The highest BCUT2D eigenvalue weighted by Crippen LogP contribution is 2.20. The van der Waals surface area contributed by atoms with Gasteiger partial charge in [-0.05, 0) is 37.1 Å². The van der Waals surface area contributed by atoms with Crippen LogP contribution in [0.2, 0.25) is 0 Å². The summed E-state index contributed by atoms with van der Waals surface area (Å²) in [4.78, 5) is 0. The summed E-state index contributed by atoms with van der Waals surface area (Å²) in [5.74, 6) is 0.939. The van der Waals surface area contributed by atoms with E-state index in [0.29, 0.717) is 0 Å². The topological polar surface area (TPSA) is 21.3 Å². The quantitative estimate of drug-likeness (QED) is 0.691. The first kappa shape index (κ1) is 13.8. The van der Waals surface area contributed by atoms with Crippen LogP contribution in [0.25, 0.3) is 0 Å². The third-order valence-corrected chi connectivity index (χ3v) is 2.54. The Hall–Kier alpha value is -1.28. The second-order valence-corrected chi connectivity index (χ2v) is 4.09. The van der Waals surface area contributed by atoms with E-state index in [1.54, 1.807) is 0 Å². The summed E-state index contributed by atoms with van der Waals surface area (Å²) in [7, 11) is 0. The van der Waals surface area contributed by atoms with Crippen LogP contribution in [0.4, 0.5) is 0 Å². The second kappa shape index (κ2) is 7.91. The molecule has 0 saturated carbocycles. The van der Waals surface area contributed by atoms with E-state index in [1.807, 2.05) is 18.2 Å². The molecule has 0 saturated heterocycles. The predicted octanol–water partition coefficient (Wildman–Crippen LogP) is 3.70. The third kappa shape index (κ3) is 4.61. The third-order valence-electron chi connectivity index (χ3n) is 2.54. The fourth-order valence-electron chi connectivity index (χ4n) is 1.65. The largest absolute Gasteiger partial charge is 0.494 e. The Morgan fingerprint density at radius 2 is 2.18 bits per heavy atom. The highest BCUT2D eigenvalue weighted by Gasteiger charge is 2.06. The number of rotatable bonds is 8. The molecule has 0 amide bonds. The molecule has 0 radical (unpaired) electrons. The van der Waals surface area contributed by atoms with Crippen molar-refractivity contribution in [3.05, 3.63) is 42.5 Å². The molecule has 0 bridgehead atoms. The number of hydrogen-bond donors (Lipinski definition) is 1. The van der Waals surface area contributed by atoms with Gasteiger partial charge in [0.15, 0.2) is 0 Å². The van der Waals surface area contributed by atoms with E-state index in [4.69, 9.17) is 4.74 Å². The molecule has 0 heterocycles. The molecule has 1 aromatic rings. The van der Waals surface area contributed by atoms with E-state index >= 15 is 0 Å². The summed E-state index contributed by atoms with van der Waals surface area (Å²) in [6.07, 6.45) is 4.09. The second-order valence-electron chi connectivity index (χ2n) is 4.09. The average Bonchev–Trinajstić information content (AvgIpc) is 2.38. The fourth-order valence-corrected chi connectivity index (χ4v) is 1.65. The molecule has 1 unspecified atom stereocenters. The molecule has 0 aliphatic carbocycles. The lowest BCUT2D eigenvalue weighted by atomic mass is 10.1. The molecule has 2 heteroatoms. The molecule has 1 N–H and O–H groups in total. The Labute approximate surface area is 105 Å². The van der Waals surface area contributed by atoms with Crippen LogP contribution in [0.1, 0.15) is 38.3 Å². The van der Waals surface area contributed by atoms with E-state index in [0.717, 1.165) is 31.7 Å². The van der Waals surface area contributed by atoms with Gasteiger partial charge < -0.3 is 10.1 Å². The van der Waals surface area contributed by atoms with Crippen molar-refractivity contribution in [3.63, 3.8) is 0 Å². The first-order chi connectivity index (χ1) is 8.31. The maximum Gasteiger partial charge on any atom is 0.119 e.